The van der Waals surface area contributed by atoms with Crippen LogP contribution in [0.1, 0.15) is 62.8 Å². The van der Waals surface area contributed by atoms with Crippen molar-refractivity contribution in [3.8, 4) is 0 Å². The van der Waals surface area contributed by atoms with Crippen LogP contribution in [0.25, 0.3) is 12.2 Å². The molecule has 2 nitrogen and oxygen atoms in total. The summed E-state index contributed by atoms with van der Waals surface area (Å²) in [5, 5.41) is 0. The minimum absolute atomic E-state index is 0.239. The van der Waals surface area contributed by atoms with Gasteiger partial charge in [-0.05, 0) is 58.1 Å². The first kappa shape index (κ1) is 19.6. The van der Waals surface area contributed by atoms with Crippen LogP contribution in [0.4, 0.5) is 5.69 Å². The normalized spacial score (nSPS) is 19.7. The highest BCUT2D eigenvalue weighted by Gasteiger charge is 2.39. The van der Waals surface area contributed by atoms with Crippen LogP contribution in [0.15, 0.2) is 36.7 Å². The zero-order valence-corrected chi connectivity index (χ0v) is 18.6. The molecule has 0 aliphatic carbocycles. The van der Waals surface area contributed by atoms with Crippen LogP contribution >= 0.6 is 12.6 Å². The average molecular weight is 394 g/mol. The van der Waals surface area contributed by atoms with E-state index in [2.05, 4.69) is 98.6 Å². The second-order valence-electron chi connectivity index (χ2n) is 9.65. The zero-order chi connectivity index (χ0) is 19.9. The van der Waals surface area contributed by atoms with Gasteiger partial charge < -0.3 is 4.90 Å². The van der Waals surface area contributed by atoms with E-state index < -0.39 is 0 Å². The fraction of sp³-hybridized carbons (Fsp3) is 0.480. The van der Waals surface area contributed by atoms with E-state index in [1.165, 1.54) is 53.9 Å². The maximum absolute atomic E-state index is 4.31. The van der Waals surface area contributed by atoms with Crippen LogP contribution in [-0.2, 0) is 17.4 Å². The predicted molar refractivity (Wildman–Crippen MR) is 123 cm³/mol. The van der Waals surface area contributed by atoms with Gasteiger partial charge in [-0.15, -0.1) is 0 Å². The van der Waals surface area contributed by atoms with Crippen molar-refractivity contribution in [1.29, 1.82) is 0 Å². The van der Waals surface area contributed by atoms with E-state index in [-0.39, 0.29) is 10.8 Å². The second-order valence-corrected chi connectivity index (χ2v) is 10.1. The van der Waals surface area contributed by atoms with Crippen molar-refractivity contribution in [2.24, 2.45) is 0 Å². The van der Waals surface area contributed by atoms with Crippen molar-refractivity contribution in [1.82, 2.24) is 0 Å². The fourth-order valence-electron chi connectivity index (χ4n) is 4.60. The third kappa shape index (κ3) is 3.61. The highest BCUT2D eigenvalue weighted by molar-refractivity contribution is 7.80. The van der Waals surface area contributed by atoms with Crippen LogP contribution in [0.2, 0.25) is 0 Å². The van der Waals surface area contributed by atoms with Crippen molar-refractivity contribution in [3.05, 3.63) is 58.9 Å². The van der Waals surface area contributed by atoms with Gasteiger partial charge in [0.1, 0.15) is 0 Å². The van der Waals surface area contributed by atoms with Crippen molar-refractivity contribution >= 4 is 30.5 Å². The number of benzene rings is 1. The van der Waals surface area contributed by atoms with Crippen molar-refractivity contribution in [3.63, 3.8) is 0 Å². The van der Waals surface area contributed by atoms with E-state index in [1.54, 1.807) is 0 Å². The predicted octanol–water partition coefficient (Wildman–Crippen LogP) is 5.24. The third-order valence-corrected chi connectivity index (χ3v) is 6.86. The van der Waals surface area contributed by atoms with Gasteiger partial charge in [-0.2, -0.15) is 12.6 Å². The summed E-state index contributed by atoms with van der Waals surface area (Å²) in [4.78, 5) is 2.63. The van der Waals surface area contributed by atoms with Crippen LogP contribution in [0.5, 0.6) is 0 Å². The van der Waals surface area contributed by atoms with Crippen LogP contribution in [0.3, 0.4) is 0 Å². The lowest BCUT2D eigenvalue weighted by molar-refractivity contribution is -0.692. The highest BCUT2D eigenvalue weighted by atomic mass is 32.1. The summed E-state index contributed by atoms with van der Waals surface area (Å²) in [5.74, 6) is 0.861. The average Bonchev–Trinajstić information content (AvgIpc) is 2.66. The number of aryl methyl sites for hydroxylation is 1. The number of anilines is 1. The summed E-state index contributed by atoms with van der Waals surface area (Å²) < 4.78 is 2.17. The zero-order valence-electron chi connectivity index (χ0n) is 17.7. The molecule has 2 aromatic rings. The van der Waals surface area contributed by atoms with Gasteiger partial charge >= 0.3 is 0 Å². The Morgan fingerprint density at radius 1 is 0.929 bits per heavy atom. The van der Waals surface area contributed by atoms with E-state index in [9.17, 15) is 0 Å². The molecule has 4 rings (SSSR count). The molecule has 3 heterocycles. The maximum atomic E-state index is 4.31. The minimum Gasteiger partial charge on any atom is -0.371 e. The molecular formula is C25H33N2S+. The summed E-state index contributed by atoms with van der Waals surface area (Å²) >= 11 is 4.31. The molecule has 0 N–H and O–H groups in total. The monoisotopic (exact) mass is 393 g/mol. The maximum Gasteiger partial charge on any atom is 0.169 e. The molecule has 2 aliphatic heterocycles. The number of thiol groups is 1. The summed E-state index contributed by atoms with van der Waals surface area (Å²) in [5.41, 5.74) is 7.63. The standard InChI is InChI=1S/C25H32N2S/c1-24(2)9-13-27-14-10-25(3,4)22-18-20(17-21(24)23(22)27)6-5-19-7-11-26(12-8-19)15-16-28/h5-8,11-12,17-18H,9-10,13-16H2,1-4H3/p+1. The number of hydrogen-bond donors (Lipinski definition) is 1. The number of rotatable bonds is 4. The Bertz CT molecular complexity index is 852. The number of nitrogens with zero attached hydrogens (tertiary/aromatic N) is 2. The van der Waals surface area contributed by atoms with Gasteiger partial charge in [0, 0.05) is 36.7 Å². The fourth-order valence-corrected chi connectivity index (χ4v) is 4.83. The molecule has 0 saturated heterocycles. The molecule has 0 fully saturated rings. The van der Waals surface area contributed by atoms with Crippen LogP contribution in [-0.4, -0.2) is 18.8 Å². The third-order valence-electron chi connectivity index (χ3n) is 6.66. The van der Waals surface area contributed by atoms with Crippen LogP contribution < -0.4 is 9.47 Å². The van der Waals surface area contributed by atoms with Crippen molar-refractivity contribution < 1.29 is 4.57 Å². The first-order valence-corrected chi connectivity index (χ1v) is 11.2. The smallest absolute Gasteiger partial charge is 0.169 e. The number of pyridine rings is 1. The molecule has 0 radical (unpaired) electrons. The molecular weight excluding hydrogens is 360 g/mol. The van der Waals surface area contributed by atoms with Gasteiger partial charge in [-0.1, -0.05) is 39.8 Å². The Morgan fingerprint density at radius 3 is 2.00 bits per heavy atom. The van der Waals surface area contributed by atoms with Gasteiger partial charge in [0.15, 0.2) is 18.9 Å². The number of aromatic nitrogens is 1. The largest absolute Gasteiger partial charge is 0.371 e. The Kier molecular flexibility index (Phi) is 5.07. The summed E-state index contributed by atoms with van der Waals surface area (Å²) in [7, 11) is 0. The first-order chi connectivity index (χ1) is 13.3. The van der Waals surface area contributed by atoms with Gasteiger partial charge in [0.05, 0.1) is 0 Å². The minimum atomic E-state index is 0.239. The topological polar surface area (TPSA) is 7.12 Å². The Hall–Kier alpha value is -1.74. The van der Waals surface area contributed by atoms with Crippen molar-refractivity contribution in [2.45, 2.75) is 57.9 Å². The molecule has 1 aromatic heterocycles. The summed E-state index contributed by atoms with van der Waals surface area (Å²) in [6.45, 7) is 13.0. The van der Waals surface area contributed by atoms with E-state index >= 15 is 0 Å². The lowest BCUT2D eigenvalue weighted by Crippen LogP contribution is -2.44. The lowest BCUT2D eigenvalue weighted by atomic mass is 9.69. The van der Waals surface area contributed by atoms with Gasteiger partial charge in [0.2, 0.25) is 0 Å². The van der Waals surface area contributed by atoms with E-state index in [0.29, 0.717) is 0 Å². The van der Waals surface area contributed by atoms with E-state index in [1.807, 2.05) is 0 Å². The molecule has 3 heteroatoms. The highest BCUT2D eigenvalue weighted by Crippen LogP contribution is 2.49. The first-order valence-electron chi connectivity index (χ1n) is 10.5. The summed E-state index contributed by atoms with van der Waals surface area (Å²) in [6.07, 6.45) is 11.3. The lowest BCUT2D eigenvalue weighted by Gasteiger charge is -2.48. The molecule has 0 amide bonds. The SMILES string of the molecule is CC1(C)CCN2CCC(C)(C)c3cc(/C=C/c4cc[n+](CCS)cc4)cc1c32. The molecule has 0 saturated carbocycles. The van der Waals surface area contributed by atoms with Crippen molar-refractivity contribution in [2.75, 3.05) is 23.7 Å². The molecule has 0 atom stereocenters. The molecule has 148 valence electrons. The Balaban J connectivity index is 1.73. The molecule has 0 spiro atoms. The van der Waals surface area contributed by atoms with E-state index in [0.717, 1.165) is 12.3 Å². The Labute approximate surface area is 175 Å². The number of hydrogen-bond acceptors (Lipinski definition) is 2. The summed E-state index contributed by atoms with van der Waals surface area (Å²) in [6, 6.07) is 9.23. The second kappa shape index (κ2) is 7.26. The van der Waals surface area contributed by atoms with Gasteiger partial charge in [0.25, 0.3) is 0 Å². The molecule has 0 bridgehead atoms. The van der Waals surface area contributed by atoms with Gasteiger partial charge in [-0.3, -0.25) is 0 Å². The molecule has 2 aliphatic rings. The van der Waals surface area contributed by atoms with E-state index in [4.69, 9.17) is 0 Å². The quantitative estimate of drug-likeness (QED) is 0.551. The Morgan fingerprint density at radius 2 is 1.46 bits per heavy atom. The van der Waals surface area contributed by atoms with Gasteiger partial charge in [-0.25, -0.2) is 4.57 Å². The van der Waals surface area contributed by atoms with Crippen LogP contribution in [0, 0.1) is 0 Å². The molecule has 0 unspecified atom stereocenters. The molecule has 28 heavy (non-hydrogen) atoms. The molecule has 1 aromatic carbocycles.